The van der Waals surface area contributed by atoms with Gasteiger partial charge in [-0.25, -0.2) is 0 Å². The first-order valence-electron chi connectivity index (χ1n) is 5.87. The maximum absolute atomic E-state index is 11.5. The molecule has 0 aliphatic carbocycles. The minimum atomic E-state index is -0.915. The summed E-state index contributed by atoms with van der Waals surface area (Å²) in [6.07, 6.45) is 4.65. The first-order valence-corrected chi connectivity index (χ1v) is 5.87. The van der Waals surface area contributed by atoms with Gasteiger partial charge in [0.2, 0.25) is 0 Å². The van der Waals surface area contributed by atoms with Crippen LogP contribution in [0.3, 0.4) is 0 Å². The van der Waals surface area contributed by atoms with Crippen molar-refractivity contribution in [1.82, 2.24) is 4.98 Å². The van der Waals surface area contributed by atoms with Crippen LogP contribution in [0.2, 0.25) is 0 Å². The van der Waals surface area contributed by atoms with E-state index in [-0.39, 0.29) is 39.3 Å². The number of carbonyl (C=O) groups excluding carboxylic acids is 1. The predicted molar refractivity (Wildman–Crippen MR) is 82.1 cm³/mol. The summed E-state index contributed by atoms with van der Waals surface area (Å²) in [5, 5.41) is 14.8. The third-order valence-electron chi connectivity index (χ3n) is 2.15. The van der Waals surface area contributed by atoms with Gasteiger partial charge in [-0.3, -0.25) is 14.9 Å². The van der Waals surface area contributed by atoms with Crippen molar-refractivity contribution in [3.05, 3.63) is 59.8 Å². The summed E-state index contributed by atoms with van der Waals surface area (Å²) in [7, 11) is 1.39. The van der Waals surface area contributed by atoms with Crippen molar-refractivity contribution in [2.75, 3.05) is 7.11 Å². The molecule has 8 nitrogen and oxygen atoms in total. The Balaban J connectivity index is 0. The van der Waals surface area contributed by atoms with Gasteiger partial charge in [-0.2, -0.15) is 0 Å². The Bertz CT molecular complexity index is 570. The van der Waals surface area contributed by atoms with Crippen molar-refractivity contribution < 1.29 is 36.9 Å². The fourth-order valence-corrected chi connectivity index (χ4v) is 1.26. The number of nitrogens with zero attached hydrogens (tertiary/aromatic N) is 3. The number of carbonyl (C=O) groups is 1. The van der Waals surface area contributed by atoms with Crippen molar-refractivity contribution >= 4 is 12.2 Å². The monoisotopic (exact) mass is 364 g/mol. The van der Waals surface area contributed by atoms with Crippen LogP contribution in [0.4, 0.5) is 4.79 Å². The molecule has 2 rings (SSSR count). The number of amides is 2. The molecule has 0 atom stereocenters. The molecule has 2 amide bonds. The Labute approximate surface area is 143 Å². The molecule has 0 fully saturated rings. The Hall–Kier alpha value is -2.62. The smallest absolute Gasteiger partial charge is 0.870 e. The number of hydrogen-bond donors (Lipinski definition) is 1. The quantitative estimate of drug-likeness (QED) is 0.485. The van der Waals surface area contributed by atoms with Gasteiger partial charge in [0.15, 0.2) is 6.03 Å². The van der Waals surface area contributed by atoms with Crippen molar-refractivity contribution in [2.45, 2.75) is 0 Å². The molecule has 0 spiro atoms. The fraction of sp³-hybridized carbons (Fsp3) is 0.0714. The Morgan fingerprint density at radius 1 is 1.30 bits per heavy atom. The molecule has 1 aromatic heterocycles. The van der Waals surface area contributed by atoms with Crippen LogP contribution in [0.25, 0.3) is 5.43 Å². The van der Waals surface area contributed by atoms with Crippen LogP contribution in [0.1, 0.15) is 5.56 Å². The van der Waals surface area contributed by atoms with Crippen molar-refractivity contribution in [1.29, 1.82) is 0 Å². The number of benzene rings is 1. The molecule has 5 N–H and O–H groups in total. The molecule has 1 radical (unpaired) electrons. The third kappa shape index (κ3) is 9.09. The van der Waals surface area contributed by atoms with Crippen molar-refractivity contribution in [3.8, 4) is 11.5 Å². The molecular formula is C14H17CoN4O4+. The first-order chi connectivity index (χ1) is 10.1. The van der Waals surface area contributed by atoms with Crippen molar-refractivity contribution in [2.24, 2.45) is 10.8 Å². The van der Waals surface area contributed by atoms with Crippen LogP contribution < -0.4 is 15.6 Å². The van der Waals surface area contributed by atoms with Crippen molar-refractivity contribution in [3.63, 3.8) is 0 Å². The molecular weight excluding hydrogens is 347 g/mol. The second-order valence-electron chi connectivity index (χ2n) is 3.59. The van der Waals surface area contributed by atoms with Gasteiger partial charge in [-0.05, 0) is 23.8 Å². The van der Waals surface area contributed by atoms with Gasteiger partial charge in [0, 0.05) is 18.6 Å². The number of hydrogen-bond acceptors (Lipinski definition) is 5. The summed E-state index contributed by atoms with van der Waals surface area (Å²) < 4.78 is 4.82. The van der Waals surface area contributed by atoms with E-state index < -0.39 is 6.03 Å². The van der Waals surface area contributed by atoms with Gasteiger partial charge in [-0.15, -0.1) is 0 Å². The second-order valence-corrected chi connectivity index (χ2v) is 3.59. The average molecular weight is 364 g/mol. The fourth-order valence-electron chi connectivity index (χ4n) is 1.26. The molecule has 0 bridgehead atoms. The van der Waals surface area contributed by atoms with Gasteiger partial charge in [0.1, 0.15) is 5.75 Å². The van der Waals surface area contributed by atoms with Gasteiger partial charge in [-0.1, -0.05) is 23.9 Å². The molecule has 0 unspecified atom stereocenters. The number of primary amides is 1. The van der Waals surface area contributed by atoms with Gasteiger partial charge in [0.25, 0.3) is 0 Å². The van der Waals surface area contributed by atoms with E-state index in [1.165, 1.54) is 19.2 Å². The van der Waals surface area contributed by atoms with E-state index in [9.17, 15) is 9.90 Å². The maximum atomic E-state index is 11.5. The van der Waals surface area contributed by atoms with E-state index in [0.717, 1.165) is 6.21 Å². The second kappa shape index (κ2) is 13.1. The molecule has 0 saturated carbocycles. The van der Waals surface area contributed by atoms with E-state index in [1.54, 1.807) is 18.5 Å². The van der Waals surface area contributed by atoms with Crippen LogP contribution >= 0.6 is 0 Å². The normalized spacial score (nSPS) is 8.74. The van der Waals surface area contributed by atoms with Crippen LogP contribution in [0.5, 0.6) is 11.5 Å². The number of ether oxygens (including phenoxy) is 1. The summed E-state index contributed by atoms with van der Waals surface area (Å²) in [6, 6.07) is 9.50. The number of pyridine rings is 1. The van der Waals surface area contributed by atoms with Gasteiger partial charge < -0.3 is 26.5 Å². The summed E-state index contributed by atoms with van der Waals surface area (Å²) in [5.41, 5.74) is 8.05. The SMILES string of the molecule is COc1cccc(/C=N/[N-]C(N)=O)c1[O-].[Co+2].[OH3+].c1ccncc1. The summed E-state index contributed by atoms with van der Waals surface area (Å²) in [4.78, 5) is 14.0. The summed E-state index contributed by atoms with van der Waals surface area (Å²) in [5.74, 6) is -0.110. The minimum absolute atomic E-state index is 0. The minimum Gasteiger partial charge on any atom is -0.870 e. The molecule has 9 heteroatoms. The van der Waals surface area contributed by atoms with Crippen LogP contribution in [0.15, 0.2) is 53.9 Å². The number of para-hydroxylation sites is 1. The van der Waals surface area contributed by atoms with Crippen LogP contribution in [-0.2, 0) is 22.3 Å². The molecule has 23 heavy (non-hydrogen) atoms. The molecule has 2 aromatic rings. The topological polar surface area (TPSA) is 148 Å². The molecule has 0 aliphatic rings. The third-order valence-corrected chi connectivity index (χ3v) is 2.15. The predicted octanol–water partition coefficient (Wildman–Crippen LogP) is 0.712. The zero-order chi connectivity index (χ0) is 15.5. The van der Waals surface area contributed by atoms with E-state index in [4.69, 9.17) is 10.5 Å². The Morgan fingerprint density at radius 3 is 2.39 bits per heavy atom. The molecule has 1 aromatic carbocycles. The number of urea groups is 1. The van der Waals surface area contributed by atoms with E-state index in [1.807, 2.05) is 18.2 Å². The summed E-state index contributed by atoms with van der Waals surface area (Å²) in [6.45, 7) is 0. The largest absolute Gasteiger partial charge is 2.00 e. The van der Waals surface area contributed by atoms with E-state index in [0.29, 0.717) is 0 Å². The standard InChI is InChI=1S/C9H11N3O3.C5H5N.Co.H2O/c1-15-7-4-2-3-6(8(7)13)5-11-12-9(10)14;1-2-4-6-5-3-1;;/h2-5H,1H3,(H4,10,11,12,13,14);1-5H;;1H2/q;;+2;/p-1. The first kappa shape index (κ1) is 22.7. The van der Waals surface area contributed by atoms with Gasteiger partial charge >= 0.3 is 16.8 Å². The van der Waals surface area contributed by atoms with Gasteiger partial charge in [0.05, 0.1) is 7.11 Å². The molecule has 1 heterocycles. The Morgan fingerprint density at radius 2 is 1.96 bits per heavy atom. The number of methoxy groups -OCH3 is 1. The molecule has 125 valence electrons. The Kier molecular flexibility index (Phi) is 12.9. The molecule has 0 saturated heterocycles. The number of aromatic nitrogens is 1. The van der Waals surface area contributed by atoms with Crippen LogP contribution in [-0.4, -0.2) is 24.3 Å². The maximum Gasteiger partial charge on any atom is 2.00 e. The van der Waals surface area contributed by atoms with E-state index in [2.05, 4.69) is 15.5 Å². The number of nitrogens with two attached hydrogens (primary N) is 1. The zero-order valence-corrected chi connectivity index (χ0v) is 13.3. The average Bonchev–Trinajstić information content (AvgIpc) is 2.51. The number of rotatable bonds is 3. The summed E-state index contributed by atoms with van der Waals surface area (Å²) >= 11 is 0. The van der Waals surface area contributed by atoms with Crippen LogP contribution in [0, 0.1) is 0 Å². The van der Waals surface area contributed by atoms with E-state index >= 15 is 0 Å². The zero-order valence-electron chi connectivity index (χ0n) is 12.3. The molecule has 0 aliphatic heterocycles.